The average molecular weight is 302 g/mol. The van der Waals surface area contributed by atoms with E-state index >= 15 is 0 Å². The monoisotopic (exact) mass is 300 g/mol. The van der Waals surface area contributed by atoms with Crippen LogP contribution in [0.5, 0.6) is 0 Å². The zero-order valence-electron chi connectivity index (χ0n) is 8.95. The molecule has 0 bridgehead atoms. The van der Waals surface area contributed by atoms with E-state index in [0.717, 1.165) is 0 Å². The molecule has 92 valence electrons. The average Bonchev–Trinajstić information content (AvgIpc) is 2.35. The van der Waals surface area contributed by atoms with E-state index in [-0.39, 0.29) is 5.91 Å². The number of amides is 1. The summed E-state index contributed by atoms with van der Waals surface area (Å²) in [5, 5.41) is 3.77. The van der Waals surface area contributed by atoms with E-state index in [1.54, 1.807) is 24.3 Å². The minimum atomic E-state index is -0.294. The highest BCUT2D eigenvalue weighted by molar-refractivity contribution is 6.42. The second kappa shape index (κ2) is 5.57. The maximum atomic E-state index is 11.9. The van der Waals surface area contributed by atoms with Crippen LogP contribution in [0, 0.1) is 0 Å². The summed E-state index contributed by atoms with van der Waals surface area (Å²) in [5.74, 6) is -0.294. The highest BCUT2D eigenvalue weighted by Crippen LogP contribution is 2.23. The molecule has 0 unspecified atom stereocenters. The summed E-state index contributed by atoms with van der Waals surface area (Å²) < 4.78 is 0. The fourth-order valence-electron chi connectivity index (χ4n) is 1.29. The van der Waals surface area contributed by atoms with Gasteiger partial charge in [0.25, 0.3) is 5.91 Å². The van der Waals surface area contributed by atoms with Gasteiger partial charge in [-0.1, -0.05) is 34.8 Å². The number of benzene rings is 1. The molecular weight excluding hydrogens is 295 g/mol. The zero-order valence-corrected chi connectivity index (χ0v) is 11.2. The van der Waals surface area contributed by atoms with Crippen LogP contribution in [0.3, 0.4) is 0 Å². The number of hydrogen-bond donors (Lipinski definition) is 1. The van der Waals surface area contributed by atoms with Crippen molar-refractivity contribution in [3.63, 3.8) is 0 Å². The van der Waals surface area contributed by atoms with Crippen LogP contribution in [0.2, 0.25) is 15.2 Å². The largest absolute Gasteiger partial charge is 0.321 e. The summed E-state index contributed by atoms with van der Waals surface area (Å²) in [7, 11) is 0. The fourth-order valence-corrected chi connectivity index (χ4v) is 1.70. The van der Waals surface area contributed by atoms with Gasteiger partial charge in [-0.15, -0.1) is 0 Å². The van der Waals surface area contributed by atoms with Crippen LogP contribution in [0.15, 0.2) is 36.5 Å². The molecular formula is C12H7Cl3N2O. The SMILES string of the molecule is O=C(Nc1ccc(Cl)nc1)c1ccc(Cl)c(Cl)c1. The van der Waals surface area contributed by atoms with Gasteiger partial charge in [-0.25, -0.2) is 4.98 Å². The fraction of sp³-hybridized carbons (Fsp3) is 0. The Morgan fingerprint density at radius 2 is 1.83 bits per heavy atom. The first kappa shape index (κ1) is 13.1. The Balaban J connectivity index is 2.16. The van der Waals surface area contributed by atoms with Crippen molar-refractivity contribution in [3.8, 4) is 0 Å². The topological polar surface area (TPSA) is 42.0 Å². The molecule has 1 aromatic carbocycles. The summed E-state index contributed by atoms with van der Waals surface area (Å²) >= 11 is 17.3. The highest BCUT2D eigenvalue weighted by atomic mass is 35.5. The maximum Gasteiger partial charge on any atom is 0.255 e. The molecule has 0 aliphatic rings. The first-order valence-corrected chi connectivity index (χ1v) is 6.07. The van der Waals surface area contributed by atoms with E-state index in [9.17, 15) is 4.79 Å². The lowest BCUT2D eigenvalue weighted by molar-refractivity contribution is 0.102. The molecule has 1 amide bonds. The Hall–Kier alpha value is -1.29. The third-order valence-electron chi connectivity index (χ3n) is 2.17. The number of anilines is 1. The Morgan fingerprint density at radius 1 is 1.06 bits per heavy atom. The predicted molar refractivity (Wildman–Crippen MR) is 73.7 cm³/mol. The lowest BCUT2D eigenvalue weighted by Crippen LogP contribution is -2.11. The quantitative estimate of drug-likeness (QED) is 0.841. The van der Waals surface area contributed by atoms with E-state index in [4.69, 9.17) is 34.8 Å². The second-order valence-corrected chi connectivity index (χ2v) is 4.65. The molecule has 0 aliphatic carbocycles. The van der Waals surface area contributed by atoms with Crippen molar-refractivity contribution in [1.82, 2.24) is 4.98 Å². The van der Waals surface area contributed by atoms with Gasteiger partial charge in [0.2, 0.25) is 0 Å². The van der Waals surface area contributed by atoms with E-state index in [1.807, 2.05) is 0 Å². The normalized spacial score (nSPS) is 10.2. The lowest BCUT2D eigenvalue weighted by atomic mass is 10.2. The van der Waals surface area contributed by atoms with Gasteiger partial charge in [-0.05, 0) is 30.3 Å². The molecule has 0 aliphatic heterocycles. The van der Waals surface area contributed by atoms with Gasteiger partial charge >= 0.3 is 0 Å². The van der Waals surface area contributed by atoms with Crippen LogP contribution in [0.4, 0.5) is 5.69 Å². The summed E-state index contributed by atoms with van der Waals surface area (Å²) in [6.07, 6.45) is 1.47. The van der Waals surface area contributed by atoms with Crippen molar-refractivity contribution >= 4 is 46.4 Å². The Labute approximate surface area is 119 Å². The molecule has 1 N–H and O–H groups in total. The van der Waals surface area contributed by atoms with Crippen LogP contribution in [0.1, 0.15) is 10.4 Å². The van der Waals surface area contributed by atoms with E-state index in [1.165, 1.54) is 12.3 Å². The van der Waals surface area contributed by atoms with Crippen molar-refractivity contribution in [2.24, 2.45) is 0 Å². The number of aromatic nitrogens is 1. The molecule has 18 heavy (non-hydrogen) atoms. The number of hydrogen-bond acceptors (Lipinski definition) is 2. The minimum absolute atomic E-state index is 0.294. The second-order valence-electron chi connectivity index (χ2n) is 3.45. The highest BCUT2D eigenvalue weighted by Gasteiger charge is 2.08. The molecule has 0 radical (unpaired) electrons. The Morgan fingerprint density at radius 3 is 2.44 bits per heavy atom. The number of halogens is 3. The number of pyridine rings is 1. The number of nitrogens with one attached hydrogen (secondary N) is 1. The van der Waals surface area contributed by atoms with Crippen molar-refractivity contribution < 1.29 is 4.79 Å². The van der Waals surface area contributed by atoms with E-state index in [2.05, 4.69) is 10.3 Å². The van der Waals surface area contributed by atoms with Crippen LogP contribution >= 0.6 is 34.8 Å². The number of carbonyl (C=O) groups excluding carboxylic acids is 1. The Kier molecular flexibility index (Phi) is 4.07. The summed E-state index contributed by atoms with van der Waals surface area (Å²) in [6.45, 7) is 0. The molecule has 0 fully saturated rings. The van der Waals surface area contributed by atoms with Crippen LogP contribution in [-0.2, 0) is 0 Å². The third-order valence-corrected chi connectivity index (χ3v) is 3.13. The predicted octanol–water partition coefficient (Wildman–Crippen LogP) is 4.29. The van der Waals surface area contributed by atoms with Gasteiger partial charge < -0.3 is 5.32 Å². The maximum absolute atomic E-state index is 11.9. The minimum Gasteiger partial charge on any atom is -0.321 e. The number of carbonyl (C=O) groups is 1. The standard InChI is InChI=1S/C12H7Cl3N2O/c13-9-3-1-7(5-10(9)14)12(18)17-8-2-4-11(15)16-6-8/h1-6H,(H,17,18). The van der Waals surface area contributed by atoms with Gasteiger partial charge in [-0.2, -0.15) is 0 Å². The Bertz CT molecular complexity index is 584. The number of rotatable bonds is 2. The molecule has 6 heteroatoms. The summed E-state index contributed by atoms with van der Waals surface area (Å²) in [5.41, 5.74) is 0.967. The molecule has 1 heterocycles. The van der Waals surface area contributed by atoms with Crippen LogP contribution in [0.25, 0.3) is 0 Å². The molecule has 1 aromatic heterocycles. The first-order valence-electron chi connectivity index (χ1n) is 4.94. The zero-order chi connectivity index (χ0) is 13.1. The van der Waals surface area contributed by atoms with Gasteiger partial charge in [0.15, 0.2) is 0 Å². The van der Waals surface area contributed by atoms with Gasteiger partial charge in [0.1, 0.15) is 5.15 Å². The molecule has 2 aromatic rings. The van der Waals surface area contributed by atoms with Crippen LogP contribution < -0.4 is 5.32 Å². The van der Waals surface area contributed by atoms with Crippen molar-refractivity contribution in [3.05, 3.63) is 57.3 Å². The molecule has 0 spiro atoms. The van der Waals surface area contributed by atoms with Crippen LogP contribution in [-0.4, -0.2) is 10.9 Å². The summed E-state index contributed by atoms with van der Waals surface area (Å²) in [6, 6.07) is 7.91. The smallest absolute Gasteiger partial charge is 0.255 e. The molecule has 3 nitrogen and oxygen atoms in total. The van der Waals surface area contributed by atoms with E-state index < -0.39 is 0 Å². The molecule has 2 rings (SSSR count). The van der Waals surface area contributed by atoms with Gasteiger partial charge in [-0.3, -0.25) is 4.79 Å². The van der Waals surface area contributed by atoms with Gasteiger partial charge in [0.05, 0.1) is 21.9 Å². The number of nitrogens with zero attached hydrogens (tertiary/aromatic N) is 1. The van der Waals surface area contributed by atoms with Gasteiger partial charge in [0, 0.05) is 5.56 Å². The molecule has 0 saturated carbocycles. The first-order chi connectivity index (χ1) is 8.56. The lowest BCUT2D eigenvalue weighted by Gasteiger charge is -2.05. The van der Waals surface area contributed by atoms with Crippen molar-refractivity contribution in [2.45, 2.75) is 0 Å². The molecule has 0 atom stereocenters. The van der Waals surface area contributed by atoms with E-state index in [0.29, 0.717) is 26.4 Å². The third kappa shape index (κ3) is 3.13. The summed E-state index contributed by atoms with van der Waals surface area (Å²) in [4.78, 5) is 15.7. The van der Waals surface area contributed by atoms with Crippen molar-refractivity contribution in [1.29, 1.82) is 0 Å². The molecule has 0 saturated heterocycles. The van der Waals surface area contributed by atoms with Crippen molar-refractivity contribution in [2.75, 3.05) is 5.32 Å².